The Balaban J connectivity index is 1.71. The average molecular weight is 354 g/mol. The van der Waals surface area contributed by atoms with E-state index < -0.39 is 0 Å². The quantitative estimate of drug-likeness (QED) is 0.295. The third-order valence-electron chi connectivity index (χ3n) is 5.37. The molecule has 1 amide bonds. The van der Waals surface area contributed by atoms with E-state index in [0.717, 1.165) is 19.5 Å². The summed E-state index contributed by atoms with van der Waals surface area (Å²) in [6.07, 6.45) is 22.3. The molecule has 0 radical (unpaired) electrons. The van der Waals surface area contributed by atoms with Gasteiger partial charge in [0, 0.05) is 13.1 Å². The lowest BCUT2D eigenvalue weighted by atomic mass is 10.0. The van der Waals surface area contributed by atoms with Crippen molar-refractivity contribution in [3.05, 3.63) is 0 Å². The zero-order chi connectivity index (χ0) is 18.0. The molecular weight excluding hydrogens is 310 g/mol. The molecule has 0 atom stereocenters. The highest BCUT2D eigenvalue weighted by molar-refractivity contribution is 5.77. The number of nitrogens with zero attached hydrogens (tertiary/aromatic N) is 1. The van der Waals surface area contributed by atoms with E-state index in [1.807, 2.05) is 4.90 Å². The van der Waals surface area contributed by atoms with Crippen LogP contribution in [0.15, 0.2) is 0 Å². The van der Waals surface area contributed by atoms with Crippen LogP contribution in [0.5, 0.6) is 0 Å². The summed E-state index contributed by atoms with van der Waals surface area (Å²) >= 11 is 0. The van der Waals surface area contributed by atoms with Crippen LogP contribution in [0.25, 0.3) is 0 Å². The summed E-state index contributed by atoms with van der Waals surface area (Å²) < 4.78 is 5.15. The van der Waals surface area contributed by atoms with E-state index in [-0.39, 0.29) is 5.91 Å². The summed E-state index contributed by atoms with van der Waals surface area (Å²) in [5, 5.41) is 0. The second-order valence-corrected chi connectivity index (χ2v) is 7.74. The van der Waals surface area contributed by atoms with E-state index in [9.17, 15) is 4.79 Å². The summed E-state index contributed by atoms with van der Waals surface area (Å²) in [6.45, 7) is 5.01. The van der Waals surface area contributed by atoms with Gasteiger partial charge in [0.25, 0.3) is 0 Å². The molecule has 0 spiro atoms. The number of carbonyl (C=O) groups excluding carboxylic acids is 1. The van der Waals surface area contributed by atoms with E-state index in [1.165, 1.54) is 96.3 Å². The third kappa shape index (κ3) is 13.3. The van der Waals surface area contributed by atoms with Crippen LogP contribution in [-0.4, -0.2) is 37.1 Å². The van der Waals surface area contributed by atoms with Gasteiger partial charge in [-0.3, -0.25) is 4.79 Å². The molecule has 0 aliphatic carbocycles. The Kier molecular flexibility index (Phi) is 15.2. The lowest BCUT2D eigenvalue weighted by Gasteiger charge is -2.26. The van der Waals surface area contributed by atoms with Crippen LogP contribution in [0.1, 0.15) is 110 Å². The van der Waals surface area contributed by atoms with Crippen molar-refractivity contribution in [1.82, 2.24) is 4.90 Å². The van der Waals surface area contributed by atoms with Crippen LogP contribution in [-0.2, 0) is 9.53 Å². The van der Waals surface area contributed by atoms with Gasteiger partial charge in [-0.2, -0.15) is 0 Å². The molecule has 1 rings (SSSR count). The zero-order valence-electron chi connectivity index (χ0n) is 16.9. The molecule has 1 aliphatic heterocycles. The molecule has 1 aliphatic rings. The van der Waals surface area contributed by atoms with E-state index in [4.69, 9.17) is 4.74 Å². The lowest BCUT2D eigenvalue weighted by molar-refractivity contribution is -0.142. The van der Waals surface area contributed by atoms with Gasteiger partial charge in [0.15, 0.2) is 0 Å². The van der Waals surface area contributed by atoms with Gasteiger partial charge in [-0.25, -0.2) is 0 Å². The molecule has 0 aromatic rings. The third-order valence-corrected chi connectivity index (χ3v) is 5.37. The Morgan fingerprint density at radius 2 is 1.16 bits per heavy atom. The maximum Gasteiger partial charge on any atom is 0.248 e. The zero-order valence-corrected chi connectivity index (χ0v) is 16.9. The van der Waals surface area contributed by atoms with E-state index in [0.29, 0.717) is 13.2 Å². The molecule has 1 saturated heterocycles. The first-order valence-corrected chi connectivity index (χ1v) is 11.2. The molecule has 25 heavy (non-hydrogen) atoms. The lowest BCUT2D eigenvalue weighted by Crippen LogP contribution is -2.41. The maximum absolute atomic E-state index is 11.6. The predicted octanol–water partition coefficient (Wildman–Crippen LogP) is 6.11. The second-order valence-electron chi connectivity index (χ2n) is 7.74. The van der Waals surface area contributed by atoms with Gasteiger partial charge in [0.1, 0.15) is 6.61 Å². The Hall–Kier alpha value is -0.570. The number of amides is 1. The minimum Gasteiger partial charge on any atom is -0.370 e. The van der Waals surface area contributed by atoms with Crippen molar-refractivity contribution in [2.75, 3.05) is 26.3 Å². The molecule has 0 unspecified atom stereocenters. The molecule has 0 bridgehead atoms. The Bertz CT molecular complexity index is 306. The minimum atomic E-state index is 0.173. The predicted molar refractivity (Wildman–Crippen MR) is 107 cm³/mol. The van der Waals surface area contributed by atoms with Crippen molar-refractivity contribution in [1.29, 1.82) is 0 Å². The number of rotatable bonds is 17. The maximum atomic E-state index is 11.6. The highest BCUT2D eigenvalue weighted by atomic mass is 16.5. The van der Waals surface area contributed by atoms with Crippen molar-refractivity contribution < 1.29 is 9.53 Å². The molecule has 148 valence electrons. The molecule has 1 fully saturated rings. The fourth-order valence-electron chi connectivity index (χ4n) is 3.64. The Morgan fingerprint density at radius 1 is 0.720 bits per heavy atom. The van der Waals surface area contributed by atoms with Crippen LogP contribution in [0, 0.1) is 0 Å². The van der Waals surface area contributed by atoms with Gasteiger partial charge < -0.3 is 9.64 Å². The van der Waals surface area contributed by atoms with Crippen LogP contribution in [0.2, 0.25) is 0 Å². The highest BCUT2D eigenvalue weighted by Gasteiger charge is 2.17. The summed E-state index contributed by atoms with van der Waals surface area (Å²) in [5.74, 6) is 0.173. The van der Waals surface area contributed by atoms with Crippen LogP contribution >= 0.6 is 0 Å². The molecule has 3 nitrogen and oxygen atoms in total. The Morgan fingerprint density at radius 3 is 1.60 bits per heavy atom. The summed E-state index contributed by atoms with van der Waals surface area (Å²) in [5.41, 5.74) is 0. The van der Waals surface area contributed by atoms with Crippen LogP contribution in [0.4, 0.5) is 0 Å². The SMILES string of the molecule is CCCCCCCCCCCCCCCCCCN1CCOCC1=O. The van der Waals surface area contributed by atoms with Gasteiger partial charge in [-0.05, 0) is 6.42 Å². The molecule has 3 heteroatoms. The smallest absolute Gasteiger partial charge is 0.248 e. The largest absolute Gasteiger partial charge is 0.370 e. The van der Waals surface area contributed by atoms with Crippen molar-refractivity contribution in [2.45, 2.75) is 110 Å². The first-order chi connectivity index (χ1) is 12.3. The van der Waals surface area contributed by atoms with Crippen LogP contribution in [0.3, 0.4) is 0 Å². The number of ether oxygens (including phenoxy) is 1. The van der Waals surface area contributed by atoms with Gasteiger partial charge >= 0.3 is 0 Å². The highest BCUT2D eigenvalue weighted by Crippen LogP contribution is 2.14. The Labute approximate surface area is 156 Å². The molecular formula is C22H43NO2. The molecule has 0 aromatic carbocycles. The van der Waals surface area contributed by atoms with Crippen LogP contribution < -0.4 is 0 Å². The number of unbranched alkanes of at least 4 members (excludes halogenated alkanes) is 15. The fraction of sp³-hybridized carbons (Fsp3) is 0.955. The number of hydrogen-bond acceptors (Lipinski definition) is 2. The topological polar surface area (TPSA) is 29.5 Å². The monoisotopic (exact) mass is 353 g/mol. The molecule has 1 heterocycles. The van der Waals surface area contributed by atoms with E-state index >= 15 is 0 Å². The fourth-order valence-corrected chi connectivity index (χ4v) is 3.64. The molecule has 0 N–H and O–H groups in total. The van der Waals surface area contributed by atoms with Gasteiger partial charge in [-0.1, -0.05) is 103 Å². The summed E-state index contributed by atoms with van der Waals surface area (Å²) in [6, 6.07) is 0. The standard InChI is InChI=1S/C22H43NO2/c1-2-3-4-5-6-7-8-9-10-11-12-13-14-15-16-17-18-23-19-20-25-21-22(23)24/h2-21H2,1H3. The summed E-state index contributed by atoms with van der Waals surface area (Å²) in [4.78, 5) is 13.6. The second kappa shape index (κ2) is 16.9. The van der Waals surface area contributed by atoms with Gasteiger partial charge in [0.2, 0.25) is 5.91 Å². The first kappa shape index (κ1) is 22.5. The molecule has 0 aromatic heterocycles. The van der Waals surface area contributed by atoms with Crippen molar-refractivity contribution >= 4 is 5.91 Å². The average Bonchev–Trinajstić information content (AvgIpc) is 2.63. The molecule has 0 saturated carbocycles. The van der Waals surface area contributed by atoms with E-state index in [2.05, 4.69) is 6.92 Å². The normalized spacial score (nSPS) is 15.1. The number of carbonyl (C=O) groups is 1. The van der Waals surface area contributed by atoms with Gasteiger partial charge in [0.05, 0.1) is 6.61 Å². The van der Waals surface area contributed by atoms with Crippen molar-refractivity contribution in [2.24, 2.45) is 0 Å². The minimum absolute atomic E-state index is 0.173. The van der Waals surface area contributed by atoms with Gasteiger partial charge in [-0.15, -0.1) is 0 Å². The summed E-state index contributed by atoms with van der Waals surface area (Å²) in [7, 11) is 0. The number of morpholine rings is 1. The van der Waals surface area contributed by atoms with E-state index in [1.54, 1.807) is 0 Å². The first-order valence-electron chi connectivity index (χ1n) is 11.2. The van der Waals surface area contributed by atoms with Crippen molar-refractivity contribution in [3.63, 3.8) is 0 Å². The number of hydrogen-bond donors (Lipinski definition) is 0. The van der Waals surface area contributed by atoms with Crippen molar-refractivity contribution in [3.8, 4) is 0 Å².